The fraction of sp³-hybridized carbons (Fsp3) is 0.467. The summed E-state index contributed by atoms with van der Waals surface area (Å²) in [5.74, 6) is -0.196. The van der Waals surface area contributed by atoms with Crippen molar-refractivity contribution < 1.29 is 23.1 Å². The zero-order valence-corrected chi connectivity index (χ0v) is 13.3. The molecule has 1 atom stereocenters. The van der Waals surface area contributed by atoms with E-state index in [1.807, 2.05) is 0 Å². The van der Waals surface area contributed by atoms with E-state index in [4.69, 9.17) is 4.74 Å². The molecule has 0 saturated carbocycles. The quantitative estimate of drug-likeness (QED) is 0.717. The number of benzene rings is 1. The molecule has 1 aromatic carbocycles. The molecule has 8 heteroatoms. The Labute approximate surface area is 133 Å². The van der Waals surface area contributed by atoms with Crippen LogP contribution in [0.2, 0.25) is 0 Å². The Morgan fingerprint density at radius 3 is 2.61 bits per heavy atom. The van der Waals surface area contributed by atoms with E-state index in [0.717, 1.165) is 0 Å². The van der Waals surface area contributed by atoms with Crippen LogP contribution in [0.4, 0.5) is 19.3 Å². The Morgan fingerprint density at radius 1 is 1.30 bits per heavy atom. The third-order valence-electron chi connectivity index (χ3n) is 2.90. The third kappa shape index (κ3) is 6.50. The predicted octanol–water partition coefficient (Wildman–Crippen LogP) is 2.29. The van der Waals surface area contributed by atoms with Gasteiger partial charge in [-0.1, -0.05) is 6.07 Å². The van der Waals surface area contributed by atoms with Crippen LogP contribution in [-0.2, 0) is 4.79 Å². The standard InChI is InChI=1S/C15H21F2N3O3/c1-4-18-15(22)20-14(21)10(3)19-11-6-5-9(2)12(7-11)23-8-13(16)17/h5-7,10,13,19H,4,8H2,1-3H3,(H2,18,20,21,22). The van der Waals surface area contributed by atoms with Gasteiger partial charge < -0.3 is 15.4 Å². The Balaban J connectivity index is 2.67. The molecule has 0 radical (unpaired) electrons. The zero-order valence-electron chi connectivity index (χ0n) is 13.3. The van der Waals surface area contributed by atoms with E-state index in [0.29, 0.717) is 23.5 Å². The summed E-state index contributed by atoms with van der Waals surface area (Å²) in [6, 6.07) is 3.66. The number of hydrogen-bond acceptors (Lipinski definition) is 4. The lowest BCUT2D eigenvalue weighted by Crippen LogP contribution is -2.45. The Morgan fingerprint density at radius 2 is 2.00 bits per heavy atom. The van der Waals surface area contributed by atoms with Crippen molar-refractivity contribution >= 4 is 17.6 Å². The number of carbonyl (C=O) groups is 2. The summed E-state index contributed by atoms with van der Waals surface area (Å²) < 4.78 is 29.5. The molecule has 0 aliphatic heterocycles. The molecule has 0 aliphatic carbocycles. The molecule has 0 aliphatic rings. The van der Waals surface area contributed by atoms with E-state index in [1.165, 1.54) is 6.07 Å². The van der Waals surface area contributed by atoms with Gasteiger partial charge in [0.2, 0.25) is 5.91 Å². The van der Waals surface area contributed by atoms with Gasteiger partial charge >= 0.3 is 6.03 Å². The van der Waals surface area contributed by atoms with Crippen LogP contribution in [0.3, 0.4) is 0 Å². The first-order valence-electron chi connectivity index (χ1n) is 7.20. The molecular formula is C15H21F2N3O3. The summed E-state index contributed by atoms with van der Waals surface area (Å²) in [5, 5.41) is 7.52. The van der Waals surface area contributed by atoms with Crippen molar-refractivity contribution in [3.05, 3.63) is 23.8 Å². The molecule has 1 rings (SSSR count). The highest BCUT2D eigenvalue weighted by molar-refractivity contribution is 5.97. The molecule has 1 aromatic rings. The van der Waals surface area contributed by atoms with Crippen LogP contribution < -0.4 is 20.7 Å². The fourth-order valence-corrected chi connectivity index (χ4v) is 1.74. The number of anilines is 1. The van der Waals surface area contributed by atoms with Gasteiger partial charge in [-0.2, -0.15) is 0 Å². The van der Waals surface area contributed by atoms with Gasteiger partial charge in [0.15, 0.2) is 0 Å². The highest BCUT2D eigenvalue weighted by Crippen LogP contribution is 2.23. The van der Waals surface area contributed by atoms with Gasteiger partial charge in [-0.3, -0.25) is 10.1 Å². The highest BCUT2D eigenvalue weighted by Gasteiger charge is 2.16. The van der Waals surface area contributed by atoms with Crippen LogP contribution in [0, 0.1) is 6.92 Å². The first-order chi connectivity index (χ1) is 10.8. The van der Waals surface area contributed by atoms with Crippen molar-refractivity contribution in [1.29, 1.82) is 0 Å². The van der Waals surface area contributed by atoms with Crippen molar-refractivity contribution in [3.8, 4) is 5.75 Å². The number of hydrogen-bond donors (Lipinski definition) is 3. The Hall–Kier alpha value is -2.38. The minimum Gasteiger partial charge on any atom is -0.487 e. The number of halogens is 2. The van der Waals surface area contributed by atoms with Gasteiger partial charge in [0.25, 0.3) is 6.43 Å². The topological polar surface area (TPSA) is 79.5 Å². The number of urea groups is 1. The maximum Gasteiger partial charge on any atom is 0.321 e. The summed E-state index contributed by atoms with van der Waals surface area (Å²) in [6.07, 6.45) is -2.56. The molecule has 0 bridgehead atoms. The van der Waals surface area contributed by atoms with Crippen LogP contribution >= 0.6 is 0 Å². The Bertz CT molecular complexity index is 553. The average molecular weight is 329 g/mol. The molecule has 23 heavy (non-hydrogen) atoms. The van der Waals surface area contributed by atoms with Gasteiger partial charge in [0, 0.05) is 18.3 Å². The lowest BCUT2D eigenvalue weighted by molar-refractivity contribution is -0.120. The molecule has 0 heterocycles. The first-order valence-corrected chi connectivity index (χ1v) is 7.20. The van der Waals surface area contributed by atoms with Crippen LogP contribution in [-0.4, -0.2) is 37.6 Å². The number of ether oxygens (including phenoxy) is 1. The number of nitrogens with one attached hydrogen (secondary N) is 3. The number of rotatable bonds is 7. The van der Waals surface area contributed by atoms with Gasteiger partial charge in [0.1, 0.15) is 18.4 Å². The number of amides is 3. The fourth-order valence-electron chi connectivity index (χ4n) is 1.74. The summed E-state index contributed by atoms with van der Waals surface area (Å²) >= 11 is 0. The molecule has 0 spiro atoms. The smallest absolute Gasteiger partial charge is 0.321 e. The van der Waals surface area contributed by atoms with Gasteiger partial charge in [-0.15, -0.1) is 0 Å². The van der Waals surface area contributed by atoms with Crippen molar-refractivity contribution in [3.63, 3.8) is 0 Å². The maximum absolute atomic E-state index is 12.2. The normalized spacial score (nSPS) is 11.7. The number of alkyl halides is 2. The van der Waals surface area contributed by atoms with Gasteiger partial charge in [-0.25, -0.2) is 13.6 Å². The van der Waals surface area contributed by atoms with E-state index in [9.17, 15) is 18.4 Å². The third-order valence-corrected chi connectivity index (χ3v) is 2.90. The molecule has 3 amide bonds. The van der Waals surface area contributed by atoms with E-state index in [1.54, 1.807) is 32.9 Å². The number of carbonyl (C=O) groups excluding carboxylic acids is 2. The largest absolute Gasteiger partial charge is 0.487 e. The molecule has 0 fully saturated rings. The predicted molar refractivity (Wildman–Crippen MR) is 83.0 cm³/mol. The maximum atomic E-state index is 12.2. The summed E-state index contributed by atoms with van der Waals surface area (Å²) in [6.45, 7) is 4.75. The van der Waals surface area contributed by atoms with Crippen molar-refractivity contribution in [2.45, 2.75) is 33.2 Å². The average Bonchev–Trinajstić information content (AvgIpc) is 2.47. The molecule has 1 unspecified atom stereocenters. The van der Waals surface area contributed by atoms with E-state index < -0.39 is 31.0 Å². The molecular weight excluding hydrogens is 308 g/mol. The first kappa shape index (κ1) is 18.7. The van der Waals surface area contributed by atoms with E-state index in [-0.39, 0.29) is 0 Å². The van der Waals surface area contributed by atoms with Crippen LogP contribution in [0.1, 0.15) is 19.4 Å². The monoisotopic (exact) mass is 329 g/mol. The van der Waals surface area contributed by atoms with Crippen molar-refractivity contribution in [1.82, 2.24) is 10.6 Å². The van der Waals surface area contributed by atoms with Crippen molar-refractivity contribution in [2.75, 3.05) is 18.5 Å². The second-order valence-electron chi connectivity index (χ2n) is 4.90. The van der Waals surface area contributed by atoms with Crippen LogP contribution in [0.15, 0.2) is 18.2 Å². The minimum atomic E-state index is -2.56. The zero-order chi connectivity index (χ0) is 17.4. The summed E-state index contributed by atoms with van der Waals surface area (Å²) in [5.41, 5.74) is 1.23. The van der Waals surface area contributed by atoms with E-state index in [2.05, 4.69) is 16.0 Å². The molecule has 0 saturated heterocycles. The molecule has 0 aromatic heterocycles. The highest BCUT2D eigenvalue weighted by atomic mass is 19.3. The molecule has 3 N–H and O–H groups in total. The number of imide groups is 1. The summed E-state index contributed by atoms with van der Waals surface area (Å²) in [7, 11) is 0. The molecule has 6 nitrogen and oxygen atoms in total. The summed E-state index contributed by atoms with van der Waals surface area (Å²) in [4.78, 5) is 23.1. The Kier molecular flexibility index (Phi) is 7.24. The SMILES string of the molecule is CCNC(=O)NC(=O)C(C)Nc1ccc(C)c(OCC(F)F)c1. The van der Waals surface area contributed by atoms with Crippen LogP contribution in [0.5, 0.6) is 5.75 Å². The second-order valence-corrected chi connectivity index (χ2v) is 4.90. The van der Waals surface area contributed by atoms with Gasteiger partial charge in [0.05, 0.1) is 0 Å². The number of aryl methyl sites for hydroxylation is 1. The molecule has 128 valence electrons. The van der Waals surface area contributed by atoms with Gasteiger partial charge in [-0.05, 0) is 32.4 Å². The lowest BCUT2D eigenvalue weighted by Gasteiger charge is -2.16. The van der Waals surface area contributed by atoms with Crippen molar-refractivity contribution in [2.24, 2.45) is 0 Å². The lowest BCUT2D eigenvalue weighted by atomic mass is 10.2. The van der Waals surface area contributed by atoms with E-state index >= 15 is 0 Å². The minimum absolute atomic E-state index is 0.312. The second kappa shape index (κ2) is 8.92. The van der Waals surface area contributed by atoms with Crippen LogP contribution in [0.25, 0.3) is 0 Å².